The van der Waals surface area contributed by atoms with Crippen molar-refractivity contribution < 1.29 is 27.8 Å². The molecule has 7 heteroatoms. The minimum Gasteiger partial charge on any atom is -0.469 e. The number of nitrogens with zero attached hydrogens (tertiary/aromatic N) is 1. The molecule has 1 aromatic heterocycles. The molecule has 3 aromatic rings. The van der Waals surface area contributed by atoms with Gasteiger partial charge in [-0.15, -0.1) is 0 Å². The molecule has 3 rings (SSSR count). The molecule has 0 N–H and O–H groups in total. The highest BCUT2D eigenvalue weighted by Crippen LogP contribution is 2.32. The summed E-state index contributed by atoms with van der Waals surface area (Å²) in [5.41, 5.74) is 0.778. The Balaban J connectivity index is 2.00. The predicted octanol–water partition coefficient (Wildman–Crippen LogP) is 5.59. The van der Waals surface area contributed by atoms with E-state index < -0.39 is 35.2 Å². The number of ether oxygens (including phenoxy) is 2. The average molecular weight is 429 g/mol. The van der Waals surface area contributed by atoms with Crippen LogP contribution in [0.15, 0.2) is 48.7 Å². The van der Waals surface area contributed by atoms with Crippen LogP contribution in [-0.2, 0) is 20.7 Å². The SMILES string of the molecule is COC(=O)C(CCc1ccc(F)cc1F)c1cn(C(=O)OC(C)(C)C)c2ccccc12. The molecule has 31 heavy (non-hydrogen) atoms. The number of esters is 1. The van der Waals surface area contributed by atoms with Crippen LogP contribution in [0.3, 0.4) is 0 Å². The fourth-order valence-corrected chi connectivity index (χ4v) is 3.51. The summed E-state index contributed by atoms with van der Waals surface area (Å²) in [6.07, 6.45) is 1.42. The molecule has 1 atom stereocenters. The van der Waals surface area contributed by atoms with Crippen LogP contribution in [0.25, 0.3) is 10.9 Å². The lowest BCUT2D eigenvalue weighted by atomic mass is 9.92. The van der Waals surface area contributed by atoms with Crippen molar-refractivity contribution in [1.29, 1.82) is 0 Å². The van der Waals surface area contributed by atoms with Crippen LogP contribution >= 0.6 is 0 Å². The van der Waals surface area contributed by atoms with E-state index in [0.717, 1.165) is 6.07 Å². The summed E-state index contributed by atoms with van der Waals surface area (Å²) in [5.74, 6) is -2.58. The molecule has 0 aliphatic rings. The van der Waals surface area contributed by atoms with E-state index >= 15 is 0 Å². The molecule has 0 amide bonds. The van der Waals surface area contributed by atoms with Crippen molar-refractivity contribution >= 4 is 23.0 Å². The first-order valence-electron chi connectivity index (χ1n) is 9.96. The van der Waals surface area contributed by atoms with E-state index in [2.05, 4.69) is 0 Å². The maximum atomic E-state index is 14.1. The molecule has 1 heterocycles. The van der Waals surface area contributed by atoms with E-state index in [1.165, 1.54) is 23.8 Å². The molecule has 5 nitrogen and oxygen atoms in total. The Bertz CT molecular complexity index is 1110. The molecule has 0 aliphatic carbocycles. The smallest absolute Gasteiger partial charge is 0.419 e. The first kappa shape index (κ1) is 22.5. The summed E-state index contributed by atoms with van der Waals surface area (Å²) in [4.78, 5) is 25.4. The van der Waals surface area contributed by atoms with Crippen LogP contribution in [0, 0.1) is 11.6 Å². The van der Waals surface area contributed by atoms with Gasteiger partial charge in [0.25, 0.3) is 0 Å². The van der Waals surface area contributed by atoms with Gasteiger partial charge in [-0.1, -0.05) is 24.3 Å². The second-order valence-electron chi connectivity index (χ2n) is 8.30. The molecule has 0 spiro atoms. The standard InChI is InChI=1S/C24H25F2NO4/c1-24(2,3)31-23(29)27-14-19(17-7-5-6-8-21(17)27)18(22(28)30-4)12-10-15-9-11-16(25)13-20(15)26/h5-9,11,13-14,18H,10,12H2,1-4H3. The van der Waals surface area contributed by atoms with Gasteiger partial charge in [0.1, 0.15) is 17.2 Å². The minimum atomic E-state index is -0.747. The van der Waals surface area contributed by atoms with Crippen molar-refractivity contribution in [3.63, 3.8) is 0 Å². The highest BCUT2D eigenvalue weighted by atomic mass is 19.1. The van der Waals surface area contributed by atoms with Gasteiger partial charge in [0.2, 0.25) is 0 Å². The maximum absolute atomic E-state index is 14.1. The Morgan fingerprint density at radius 3 is 2.45 bits per heavy atom. The Morgan fingerprint density at radius 1 is 1.10 bits per heavy atom. The maximum Gasteiger partial charge on any atom is 0.419 e. The number of para-hydroxylation sites is 1. The highest BCUT2D eigenvalue weighted by Gasteiger charge is 2.28. The van der Waals surface area contributed by atoms with Gasteiger partial charge in [0.15, 0.2) is 0 Å². The molecule has 0 aliphatic heterocycles. The van der Waals surface area contributed by atoms with E-state index in [9.17, 15) is 18.4 Å². The molecule has 164 valence electrons. The normalized spacial score (nSPS) is 12.6. The molecule has 2 aromatic carbocycles. The van der Waals surface area contributed by atoms with Gasteiger partial charge < -0.3 is 9.47 Å². The summed E-state index contributed by atoms with van der Waals surface area (Å²) in [5, 5.41) is 0.698. The molecule has 0 bridgehead atoms. The second kappa shape index (κ2) is 8.88. The third kappa shape index (κ3) is 5.10. The van der Waals surface area contributed by atoms with Crippen LogP contribution in [-0.4, -0.2) is 29.3 Å². The molecular formula is C24H25F2NO4. The van der Waals surface area contributed by atoms with Crippen molar-refractivity contribution in [2.24, 2.45) is 0 Å². The second-order valence-corrected chi connectivity index (χ2v) is 8.30. The van der Waals surface area contributed by atoms with Crippen molar-refractivity contribution in [3.05, 3.63) is 71.4 Å². The van der Waals surface area contributed by atoms with Crippen molar-refractivity contribution in [2.45, 2.75) is 45.1 Å². The Labute approximate surface area is 179 Å². The lowest BCUT2D eigenvalue weighted by molar-refractivity contribution is -0.142. The largest absolute Gasteiger partial charge is 0.469 e. The van der Waals surface area contributed by atoms with Gasteiger partial charge in [0, 0.05) is 17.6 Å². The Morgan fingerprint density at radius 2 is 1.81 bits per heavy atom. The van der Waals surface area contributed by atoms with Crippen LogP contribution in [0.1, 0.15) is 44.2 Å². The summed E-state index contributed by atoms with van der Waals surface area (Å²) >= 11 is 0. The lowest BCUT2D eigenvalue weighted by Crippen LogP contribution is -2.26. The zero-order valence-corrected chi connectivity index (χ0v) is 17.9. The lowest BCUT2D eigenvalue weighted by Gasteiger charge is -2.19. The summed E-state index contributed by atoms with van der Waals surface area (Å²) in [7, 11) is 1.28. The summed E-state index contributed by atoms with van der Waals surface area (Å²) in [6.45, 7) is 5.31. The number of fused-ring (bicyclic) bond motifs is 1. The van der Waals surface area contributed by atoms with Crippen molar-refractivity contribution in [2.75, 3.05) is 7.11 Å². The van der Waals surface area contributed by atoms with Gasteiger partial charge >= 0.3 is 12.1 Å². The molecule has 0 radical (unpaired) electrons. The average Bonchev–Trinajstić information content (AvgIpc) is 3.08. The topological polar surface area (TPSA) is 57.5 Å². The zero-order chi connectivity index (χ0) is 22.8. The first-order chi connectivity index (χ1) is 14.6. The number of hydrogen-bond donors (Lipinski definition) is 0. The quantitative estimate of drug-likeness (QED) is 0.496. The minimum absolute atomic E-state index is 0.192. The van der Waals surface area contributed by atoms with E-state index in [1.807, 2.05) is 0 Å². The van der Waals surface area contributed by atoms with E-state index in [0.29, 0.717) is 22.0 Å². The molecule has 1 unspecified atom stereocenters. The molecule has 0 saturated carbocycles. The number of rotatable bonds is 5. The molecule has 0 fully saturated rings. The summed E-state index contributed by atoms with van der Waals surface area (Å²) < 4.78 is 39.1. The van der Waals surface area contributed by atoms with E-state index in [-0.39, 0.29) is 12.8 Å². The zero-order valence-electron chi connectivity index (χ0n) is 17.9. The number of carbonyl (C=O) groups excluding carboxylic acids is 2. The fourth-order valence-electron chi connectivity index (χ4n) is 3.51. The summed E-state index contributed by atoms with van der Waals surface area (Å²) in [6, 6.07) is 10.5. The Kier molecular flexibility index (Phi) is 6.43. The third-order valence-corrected chi connectivity index (χ3v) is 4.91. The Hall–Kier alpha value is -3.22. The van der Waals surface area contributed by atoms with Crippen LogP contribution in [0.4, 0.5) is 13.6 Å². The fraction of sp³-hybridized carbons (Fsp3) is 0.333. The van der Waals surface area contributed by atoms with Gasteiger partial charge in [0.05, 0.1) is 18.5 Å². The van der Waals surface area contributed by atoms with Crippen LogP contribution < -0.4 is 0 Å². The van der Waals surface area contributed by atoms with Gasteiger partial charge in [-0.25, -0.2) is 13.6 Å². The number of aromatic nitrogens is 1. The first-order valence-corrected chi connectivity index (χ1v) is 9.96. The van der Waals surface area contributed by atoms with E-state index in [4.69, 9.17) is 9.47 Å². The van der Waals surface area contributed by atoms with Gasteiger partial charge in [-0.05, 0) is 56.9 Å². The third-order valence-electron chi connectivity index (χ3n) is 4.91. The van der Waals surface area contributed by atoms with Crippen LogP contribution in [0.5, 0.6) is 0 Å². The number of halogens is 2. The number of hydrogen-bond acceptors (Lipinski definition) is 4. The molecule has 0 saturated heterocycles. The molecular weight excluding hydrogens is 404 g/mol. The number of aryl methyl sites for hydroxylation is 1. The van der Waals surface area contributed by atoms with Gasteiger partial charge in [-0.3, -0.25) is 9.36 Å². The van der Waals surface area contributed by atoms with Crippen molar-refractivity contribution in [1.82, 2.24) is 4.57 Å². The van der Waals surface area contributed by atoms with Crippen molar-refractivity contribution in [3.8, 4) is 0 Å². The van der Waals surface area contributed by atoms with E-state index in [1.54, 1.807) is 51.2 Å². The number of benzene rings is 2. The number of carbonyl (C=O) groups is 2. The predicted molar refractivity (Wildman–Crippen MR) is 113 cm³/mol. The van der Waals surface area contributed by atoms with Crippen LogP contribution in [0.2, 0.25) is 0 Å². The van der Waals surface area contributed by atoms with Gasteiger partial charge in [-0.2, -0.15) is 0 Å². The number of methoxy groups -OCH3 is 1. The monoisotopic (exact) mass is 429 g/mol. The highest BCUT2D eigenvalue weighted by molar-refractivity contribution is 5.95.